The summed E-state index contributed by atoms with van der Waals surface area (Å²) in [5.41, 5.74) is -1.38. The van der Waals surface area contributed by atoms with Crippen molar-refractivity contribution in [3.05, 3.63) is 4.91 Å². The van der Waals surface area contributed by atoms with Crippen LogP contribution in [0.4, 0.5) is 0 Å². The molecule has 1 N–H and O–H groups in total. The highest BCUT2D eigenvalue weighted by molar-refractivity contribution is 5.73. The Labute approximate surface area is 133 Å². The number of hydrogen-bond donors (Lipinski definition) is 1. The molecular formula is C14H21NO8. The quantitative estimate of drug-likeness (QED) is 0.509. The number of rotatable bonds is 8. The Morgan fingerprint density at radius 3 is 1.96 bits per heavy atom. The van der Waals surface area contributed by atoms with Crippen molar-refractivity contribution >= 4 is 17.9 Å². The molecule has 0 saturated carbocycles. The number of aliphatic carboxylic acids is 1. The fraction of sp³-hybridized carbons (Fsp3) is 0.786. The van der Waals surface area contributed by atoms with E-state index in [0.717, 1.165) is 0 Å². The Balaban J connectivity index is 3.05. The fourth-order valence-electron chi connectivity index (χ4n) is 2.74. The summed E-state index contributed by atoms with van der Waals surface area (Å²) in [7, 11) is 0. The van der Waals surface area contributed by atoms with E-state index < -0.39 is 35.3 Å². The topological polar surface area (TPSA) is 129 Å². The second-order valence-corrected chi connectivity index (χ2v) is 5.49. The minimum Gasteiger partial charge on any atom is -0.481 e. The van der Waals surface area contributed by atoms with Gasteiger partial charge < -0.3 is 19.3 Å². The molecule has 130 valence electrons. The minimum atomic E-state index is -1.38. The first-order chi connectivity index (χ1) is 10.8. The average molecular weight is 331 g/mol. The molecule has 1 fully saturated rings. The summed E-state index contributed by atoms with van der Waals surface area (Å²) < 4.78 is 14.9. The maximum absolute atomic E-state index is 11.8. The Morgan fingerprint density at radius 1 is 1.13 bits per heavy atom. The van der Waals surface area contributed by atoms with Crippen LogP contribution in [0.5, 0.6) is 0 Å². The van der Waals surface area contributed by atoms with E-state index in [9.17, 15) is 24.4 Å². The molecular weight excluding hydrogens is 310 g/mol. The van der Waals surface area contributed by atoms with Crippen LogP contribution < -0.4 is 0 Å². The molecule has 1 atom stereocenters. The van der Waals surface area contributed by atoms with Crippen LogP contribution in [-0.2, 0) is 28.6 Å². The van der Waals surface area contributed by atoms with Crippen LogP contribution in [0.15, 0.2) is 5.18 Å². The lowest BCUT2D eigenvalue weighted by molar-refractivity contribution is -0.160. The summed E-state index contributed by atoms with van der Waals surface area (Å²) in [4.78, 5) is 45.2. The van der Waals surface area contributed by atoms with E-state index in [4.69, 9.17) is 14.2 Å². The number of esters is 2. The van der Waals surface area contributed by atoms with Crippen molar-refractivity contribution in [2.24, 2.45) is 17.0 Å². The normalized spacial score (nSPS) is 18.0. The summed E-state index contributed by atoms with van der Waals surface area (Å²) in [6, 6.07) is 0. The van der Waals surface area contributed by atoms with E-state index in [1.54, 1.807) is 0 Å². The minimum absolute atomic E-state index is 0.143. The number of carboxylic acids is 1. The van der Waals surface area contributed by atoms with Gasteiger partial charge in [-0.15, -0.1) is 0 Å². The number of ether oxygens (including phenoxy) is 3. The Bertz CT molecular complexity index is 440. The standard InChI is InChI=1S/C14H21NO8/c1-9(16)22-7-11(8-23-10(2)17)12(13(18)19)14(15-20)3-5-21-6-4-14/h11-12H,3-8H2,1-2H3,(H,18,19). The lowest BCUT2D eigenvalue weighted by atomic mass is 9.72. The molecule has 0 bridgehead atoms. The zero-order chi connectivity index (χ0) is 17.5. The van der Waals surface area contributed by atoms with Gasteiger partial charge in [0.15, 0.2) is 0 Å². The number of nitroso groups, excluding NO2 is 1. The molecule has 9 nitrogen and oxygen atoms in total. The van der Waals surface area contributed by atoms with E-state index in [1.807, 2.05) is 0 Å². The number of carbonyl (C=O) groups is 3. The van der Waals surface area contributed by atoms with E-state index >= 15 is 0 Å². The van der Waals surface area contributed by atoms with Gasteiger partial charge in [0.05, 0.1) is 19.1 Å². The summed E-state index contributed by atoms with van der Waals surface area (Å²) in [6.45, 7) is 2.23. The van der Waals surface area contributed by atoms with Gasteiger partial charge >= 0.3 is 17.9 Å². The van der Waals surface area contributed by atoms with Gasteiger partial charge in [-0.1, -0.05) is 5.18 Å². The van der Waals surface area contributed by atoms with E-state index in [-0.39, 0.29) is 39.3 Å². The molecule has 1 unspecified atom stereocenters. The first-order valence-electron chi connectivity index (χ1n) is 7.24. The molecule has 1 heterocycles. The maximum atomic E-state index is 11.8. The van der Waals surface area contributed by atoms with Crippen LogP contribution in [0, 0.1) is 16.7 Å². The fourth-order valence-corrected chi connectivity index (χ4v) is 2.74. The molecule has 1 aliphatic rings. The van der Waals surface area contributed by atoms with Crippen molar-refractivity contribution in [2.45, 2.75) is 32.2 Å². The van der Waals surface area contributed by atoms with Crippen molar-refractivity contribution in [1.29, 1.82) is 0 Å². The zero-order valence-electron chi connectivity index (χ0n) is 13.1. The van der Waals surface area contributed by atoms with Gasteiger partial charge in [0.2, 0.25) is 0 Å². The molecule has 1 rings (SSSR count). The van der Waals surface area contributed by atoms with Gasteiger partial charge in [-0.25, -0.2) is 0 Å². The van der Waals surface area contributed by atoms with Gasteiger partial charge in [0.25, 0.3) is 0 Å². The van der Waals surface area contributed by atoms with E-state index in [2.05, 4.69) is 5.18 Å². The summed E-state index contributed by atoms with van der Waals surface area (Å²) >= 11 is 0. The van der Waals surface area contributed by atoms with Crippen LogP contribution in [-0.4, -0.2) is 55.0 Å². The highest BCUT2D eigenvalue weighted by Gasteiger charge is 2.50. The Hall–Kier alpha value is -2.03. The van der Waals surface area contributed by atoms with Crippen LogP contribution in [0.2, 0.25) is 0 Å². The number of carboxylic acid groups (broad SMARTS) is 1. The van der Waals surface area contributed by atoms with Crippen LogP contribution >= 0.6 is 0 Å². The van der Waals surface area contributed by atoms with Gasteiger partial charge in [0.1, 0.15) is 5.54 Å². The molecule has 0 aromatic rings. The monoisotopic (exact) mass is 331 g/mol. The van der Waals surface area contributed by atoms with E-state index in [1.165, 1.54) is 13.8 Å². The first kappa shape index (κ1) is 19.0. The van der Waals surface area contributed by atoms with Gasteiger partial charge in [-0.05, 0) is 0 Å². The second kappa shape index (κ2) is 8.56. The molecule has 0 aromatic heterocycles. The molecule has 0 aliphatic carbocycles. The Morgan fingerprint density at radius 2 is 1.61 bits per heavy atom. The van der Waals surface area contributed by atoms with Crippen molar-refractivity contribution in [2.75, 3.05) is 26.4 Å². The molecule has 0 aromatic carbocycles. The average Bonchev–Trinajstić information content (AvgIpc) is 2.50. The Kier molecular flexibility index (Phi) is 7.08. The first-order valence-corrected chi connectivity index (χ1v) is 7.24. The van der Waals surface area contributed by atoms with Gasteiger partial charge in [0, 0.05) is 45.8 Å². The molecule has 1 aliphatic heterocycles. The molecule has 9 heteroatoms. The summed E-state index contributed by atoms with van der Waals surface area (Å²) in [6.07, 6.45) is 0.286. The summed E-state index contributed by atoms with van der Waals surface area (Å²) in [5.74, 6) is -4.57. The number of carbonyl (C=O) groups excluding carboxylic acids is 2. The van der Waals surface area contributed by atoms with Crippen molar-refractivity contribution in [3.63, 3.8) is 0 Å². The van der Waals surface area contributed by atoms with Crippen LogP contribution in [0.1, 0.15) is 26.7 Å². The lowest BCUT2D eigenvalue weighted by Crippen LogP contribution is -2.50. The molecule has 0 spiro atoms. The number of nitrogens with zero attached hydrogens (tertiary/aromatic N) is 1. The van der Waals surface area contributed by atoms with Crippen molar-refractivity contribution in [1.82, 2.24) is 0 Å². The molecule has 1 saturated heterocycles. The smallest absolute Gasteiger partial charge is 0.309 e. The van der Waals surface area contributed by atoms with Gasteiger partial charge in [-0.3, -0.25) is 14.4 Å². The van der Waals surface area contributed by atoms with Crippen molar-refractivity contribution < 1.29 is 33.7 Å². The molecule has 0 amide bonds. The third-order valence-corrected chi connectivity index (χ3v) is 3.86. The zero-order valence-corrected chi connectivity index (χ0v) is 13.1. The summed E-state index contributed by atoms with van der Waals surface area (Å²) in [5, 5.41) is 12.7. The predicted molar refractivity (Wildman–Crippen MR) is 76.5 cm³/mol. The second-order valence-electron chi connectivity index (χ2n) is 5.49. The largest absolute Gasteiger partial charge is 0.481 e. The van der Waals surface area contributed by atoms with E-state index in [0.29, 0.717) is 0 Å². The highest BCUT2D eigenvalue weighted by Crippen LogP contribution is 2.38. The molecule has 0 radical (unpaired) electrons. The predicted octanol–water partition coefficient (Wildman–Crippen LogP) is 0.745. The third-order valence-electron chi connectivity index (χ3n) is 3.86. The SMILES string of the molecule is CC(=O)OCC(COC(C)=O)C(C(=O)O)C1(N=O)CCOCC1. The molecule has 23 heavy (non-hydrogen) atoms. The maximum Gasteiger partial charge on any atom is 0.309 e. The van der Waals surface area contributed by atoms with Gasteiger partial charge in [-0.2, -0.15) is 4.91 Å². The van der Waals surface area contributed by atoms with Crippen molar-refractivity contribution in [3.8, 4) is 0 Å². The number of hydrogen-bond acceptors (Lipinski definition) is 8. The van der Waals surface area contributed by atoms with Crippen LogP contribution in [0.25, 0.3) is 0 Å². The lowest BCUT2D eigenvalue weighted by Gasteiger charge is -2.38. The third kappa shape index (κ3) is 5.27. The van der Waals surface area contributed by atoms with Crippen LogP contribution in [0.3, 0.4) is 0 Å². The highest BCUT2D eigenvalue weighted by atomic mass is 16.5.